The van der Waals surface area contributed by atoms with Crippen LogP contribution in [0.3, 0.4) is 0 Å². The normalized spacial score (nSPS) is 12.3. The molecule has 0 fully saturated rings. The minimum Gasteiger partial charge on any atom is -0.329 e. The highest BCUT2D eigenvalue weighted by Crippen LogP contribution is 2.19. The molecule has 138 valence electrons. The van der Waals surface area contributed by atoms with Crippen molar-refractivity contribution >= 4 is 34.0 Å². The number of amides is 1. The van der Waals surface area contributed by atoms with Crippen molar-refractivity contribution in [1.29, 1.82) is 0 Å². The summed E-state index contributed by atoms with van der Waals surface area (Å²) in [6, 6.07) is 6.25. The number of hydrogen-bond donors (Lipinski definition) is 3. The Labute approximate surface area is 151 Å². The van der Waals surface area contributed by atoms with Gasteiger partial charge in [-0.25, -0.2) is 13.1 Å². The number of nitrogens with one attached hydrogen (secondary N) is 2. The Morgan fingerprint density at radius 3 is 2.58 bits per heavy atom. The van der Waals surface area contributed by atoms with E-state index in [1.165, 1.54) is 12.1 Å². The SMILES string of the molecule is CCCCC(CC)C(=O)Nc1cccc(S(=O)(=O)NCCN)c1.Cl. The number of sulfonamides is 1. The van der Waals surface area contributed by atoms with E-state index < -0.39 is 10.0 Å². The smallest absolute Gasteiger partial charge is 0.240 e. The molecule has 0 aliphatic carbocycles. The molecule has 4 N–H and O–H groups in total. The summed E-state index contributed by atoms with van der Waals surface area (Å²) in [5.41, 5.74) is 5.80. The summed E-state index contributed by atoms with van der Waals surface area (Å²) in [5.74, 6) is -0.115. The van der Waals surface area contributed by atoms with Gasteiger partial charge in [0, 0.05) is 24.7 Å². The lowest BCUT2D eigenvalue weighted by Gasteiger charge is -2.15. The quantitative estimate of drug-likeness (QED) is 0.583. The Bertz CT molecular complexity index is 608. The van der Waals surface area contributed by atoms with E-state index in [-0.39, 0.29) is 42.2 Å². The molecule has 6 nitrogen and oxygen atoms in total. The predicted octanol–water partition coefficient (Wildman–Crippen LogP) is 2.50. The first-order chi connectivity index (χ1) is 10.9. The summed E-state index contributed by atoms with van der Waals surface area (Å²) in [7, 11) is -3.60. The van der Waals surface area contributed by atoms with Crippen LogP contribution >= 0.6 is 12.4 Å². The van der Waals surface area contributed by atoms with E-state index in [4.69, 9.17) is 5.73 Å². The maximum Gasteiger partial charge on any atom is 0.240 e. The Hall–Kier alpha value is -1.15. The lowest BCUT2D eigenvalue weighted by atomic mass is 9.98. The molecule has 0 aliphatic rings. The summed E-state index contributed by atoms with van der Waals surface area (Å²) in [6.45, 7) is 4.48. The Balaban J connectivity index is 0.00000529. The Kier molecular flexibility index (Phi) is 10.9. The molecule has 1 aromatic rings. The molecule has 1 rings (SSSR count). The first kappa shape index (κ1) is 22.9. The lowest BCUT2D eigenvalue weighted by molar-refractivity contribution is -0.120. The summed E-state index contributed by atoms with van der Waals surface area (Å²) >= 11 is 0. The highest BCUT2D eigenvalue weighted by molar-refractivity contribution is 7.89. The zero-order chi connectivity index (χ0) is 17.3. The molecular weight excluding hydrogens is 350 g/mol. The highest BCUT2D eigenvalue weighted by Gasteiger charge is 2.18. The monoisotopic (exact) mass is 377 g/mol. The molecule has 0 saturated carbocycles. The number of rotatable bonds is 10. The summed E-state index contributed by atoms with van der Waals surface area (Å²) in [6.07, 6.45) is 3.66. The summed E-state index contributed by atoms with van der Waals surface area (Å²) in [5, 5.41) is 2.81. The fraction of sp³-hybridized carbons (Fsp3) is 0.562. The van der Waals surface area contributed by atoms with Crippen molar-refractivity contribution in [2.24, 2.45) is 11.7 Å². The van der Waals surface area contributed by atoms with Crippen LogP contribution in [0.25, 0.3) is 0 Å². The van der Waals surface area contributed by atoms with Gasteiger partial charge in [-0.1, -0.05) is 32.8 Å². The maximum absolute atomic E-state index is 12.3. The number of carbonyl (C=O) groups excluding carboxylic acids is 1. The molecule has 1 aromatic carbocycles. The zero-order valence-corrected chi connectivity index (χ0v) is 15.9. The van der Waals surface area contributed by atoms with Crippen molar-refractivity contribution < 1.29 is 13.2 Å². The van der Waals surface area contributed by atoms with Crippen LogP contribution in [0, 0.1) is 5.92 Å². The molecule has 0 bridgehead atoms. The van der Waals surface area contributed by atoms with Gasteiger partial charge in [-0.3, -0.25) is 4.79 Å². The van der Waals surface area contributed by atoms with Gasteiger partial charge < -0.3 is 11.1 Å². The number of halogens is 1. The molecule has 1 amide bonds. The van der Waals surface area contributed by atoms with Crippen LogP contribution in [0.1, 0.15) is 39.5 Å². The van der Waals surface area contributed by atoms with E-state index in [2.05, 4.69) is 17.0 Å². The van der Waals surface area contributed by atoms with Crippen molar-refractivity contribution in [2.75, 3.05) is 18.4 Å². The van der Waals surface area contributed by atoms with Gasteiger partial charge in [0.15, 0.2) is 0 Å². The van der Waals surface area contributed by atoms with E-state index in [9.17, 15) is 13.2 Å². The van der Waals surface area contributed by atoms with Crippen molar-refractivity contribution in [3.05, 3.63) is 24.3 Å². The van der Waals surface area contributed by atoms with Gasteiger partial charge in [0.25, 0.3) is 0 Å². The number of anilines is 1. The van der Waals surface area contributed by atoms with Gasteiger partial charge in [-0.2, -0.15) is 0 Å². The predicted molar refractivity (Wildman–Crippen MR) is 99.9 cm³/mol. The molecule has 1 atom stereocenters. The number of nitrogens with two attached hydrogens (primary N) is 1. The van der Waals surface area contributed by atoms with Gasteiger partial charge in [0.1, 0.15) is 0 Å². The standard InChI is InChI=1S/C16H27N3O3S.ClH/c1-3-5-7-13(4-2)16(20)19-14-8-6-9-15(12-14)23(21,22)18-11-10-17;/h6,8-9,12-13,18H,3-5,7,10-11,17H2,1-2H3,(H,19,20);1H. The molecular formula is C16H28ClN3O3S. The number of unbranched alkanes of at least 4 members (excludes halogenated alkanes) is 1. The second kappa shape index (κ2) is 11.4. The maximum atomic E-state index is 12.3. The Morgan fingerprint density at radius 2 is 2.00 bits per heavy atom. The van der Waals surface area contributed by atoms with Gasteiger partial charge >= 0.3 is 0 Å². The first-order valence-corrected chi connectivity index (χ1v) is 9.53. The minimum atomic E-state index is -3.60. The molecule has 0 aromatic heterocycles. The van der Waals surface area contributed by atoms with Crippen LogP contribution in [0.5, 0.6) is 0 Å². The summed E-state index contributed by atoms with van der Waals surface area (Å²) in [4.78, 5) is 12.4. The molecule has 0 saturated heterocycles. The average molecular weight is 378 g/mol. The second-order valence-electron chi connectivity index (χ2n) is 5.45. The largest absolute Gasteiger partial charge is 0.329 e. The van der Waals surface area contributed by atoms with E-state index in [1.807, 2.05) is 6.92 Å². The van der Waals surface area contributed by atoms with Gasteiger partial charge in [-0.05, 0) is 31.0 Å². The third kappa shape index (κ3) is 7.17. The lowest BCUT2D eigenvalue weighted by Crippen LogP contribution is -2.29. The molecule has 0 radical (unpaired) electrons. The van der Waals surface area contributed by atoms with Crippen molar-refractivity contribution in [2.45, 2.75) is 44.4 Å². The van der Waals surface area contributed by atoms with Crippen LogP contribution in [-0.2, 0) is 14.8 Å². The van der Waals surface area contributed by atoms with E-state index in [0.717, 1.165) is 25.7 Å². The van der Waals surface area contributed by atoms with Crippen molar-refractivity contribution in [3.8, 4) is 0 Å². The molecule has 0 spiro atoms. The van der Waals surface area contributed by atoms with Crippen LogP contribution in [0.4, 0.5) is 5.69 Å². The van der Waals surface area contributed by atoms with Gasteiger partial charge in [-0.15, -0.1) is 12.4 Å². The average Bonchev–Trinajstić information content (AvgIpc) is 2.54. The van der Waals surface area contributed by atoms with Gasteiger partial charge in [0.2, 0.25) is 15.9 Å². The first-order valence-electron chi connectivity index (χ1n) is 8.05. The fourth-order valence-electron chi connectivity index (χ4n) is 2.23. The fourth-order valence-corrected chi connectivity index (χ4v) is 3.33. The topological polar surface area (TPSA) is 101 Å². The Morgan fingerprint density at radius 1 is 1.29 bits per heavy atom. The second-order valence-corrected chi connectivity index (χ2v) is 7.22. The number of benzene rings is 1. The van der Waals surface area contributed by atoms with Crippen molar-refractivity contribution in [3.63, 3.8) is 0 Å². The molecule has 0 aliphatic heterocycles. The zero-order valence-electron chi connectivity index (χ0n) is 14.2. The molecule has 1 unspecified atom stereocenters. The molecule has 24 heavy (non-hydrogen) atoms. The third-order valence-electron chi connectivity index (χ3n) is 3.62. The van der Waals surface area contributed by atoms with Crippen molar-refractivity contribution in [1.82, 2.24) is 4.72 Å². The van der Waals surface area contributed by atoms with Gasteiger partial charge in [0.05, 0.1) is 4.90 Å². The van der Waals surface area contributed by atoms with Crippen LogP contribution in [0.15, 0.2) is 29.2 Å². The van der Waals surface area contributed by atoms with Crippen LogP contribution in [-0.4, -0.2) is 27.4 Å². The highest BCUT2D eigenvalue weighted by atomic mass is 35.5. The van der Waals surface area contributed by atoms with Crippen LogP contribution < -0.4 is 15.8 Å². The number of carbonyl (C=O) groups is 1. The number of hydrogen-bond acceptors (Lipinski definition) is 4. The van der Waals surface area contributed by atoms with Crippen LogP contribution in [0.2, 0.25) is 0 Å². The van der Waals surface area contributed by atoms with E-state index in [1.54, 1.807) is 12.1 Å². The molecule has 8 heteroatoms. The van der Waals surface area contributed by atoms with E-state index in [0.29, 0.717) is 5.69 Å². The third-order valence-corrected chi connectivity index (χ3v) is 5.08. The minimum absolute atomic E-state index is 0. The molecule has 0 heterocycles. The van der Waals surface area contributed by atoms with E-state index >= 15 is 0 Å². The summed E-state index contributed by atoms with van der Waals surface area (Å²) < 4.78 is 26.6.